The van der Waals surface area contributed by atoms with Crippen LogP contribution in [0.2, 0.25) is 5.02 Å². The minimum absolute atomic E-state index is 0.173. The van der Waals surface area contributed by atoms with Gasteiger partial charge in [0.2, 0.25) is 0 Å². The first-order valence-electron chi connectivity index (χ1n) is 4.90. The highest BCUT2D eigenvalue weighted by Crippen LogP contribution is 2.19. The summed E-state index contributed by atoms with van der Waals surface area (Å²) in [6, 6.07) is 0.385. The highest BCUT2D eigenvalue weighted by atomic mass is 35.5. The topological polar surface area (TPSA) is 61.0 Å². The van der Waals surface area contributed by atoms with Crippen LogP contribution in [0, 0.1) is 0 Å². The fraction of sp³-hybridized carbons (Fsp3) is 0.556. The second-order valence-electron chi connectivity index (χ2n) is 3.67. The van der Waals surface area contributed by atoms with Crippen LogP contribution >= 0.6 is 11.6 Å². The first-order valence-corrected chi connectivity index (χ1v) is 5.28. The van der Waals surface area contributed by atoms with E-state index in [1.165, 1.54) is 6.33 Å². The summed E-state index contributed by atoms with van der Waals surface area (Å²) >= 11 is 5.91. The highest BCUT2D eigenvalue weighted by Gasteiger charge is 2.19. The zero-order valence-electron chi connectivity index (χ0n) is 8.46. The zero-order valence-corrected chi connectivity index (χ0v) is 9.21. The number of aromatic amines is 1. The molecule has 1 atom stereocenters. The number of hydrogen-bond acceptors (Lipinski definition) is 4. The Bertz CT molecular complexity index is 405. The van der Waals surface area contributed by atoms with Crippen molar-refractivity contribution in [3.05, 3.63) is 21.7 Å². The molecule has 5 nitrogen and oxygen atoms in total. The number of hydrogen-bond donors (Lipinski definition) is 2. The third-order valence-electron chi connectivity index (χ3n) is 2.45. The van der Waals surface area contributed by atoms with Gasteiger partial charge in [-0.05, 0) is 6.92 Å². The van der Waals surface area contributed by atoms with Crippen molar-refractivity contribution in [2.75, 3.05) is 24.5 Å². The van der Waals surface area contributed by atoms with E-state index in [0.29, 0.717) is 11.9 Å². The fourth-order valence-corrected chi connectivity index (χ4v) is 1.94. The summed E-state index contributed by atoms with van der Waals surface area (Å²) in [7, 11) is 0. The van der Waals surface area contributed by atoms with Gasteiger partial charge in [0.15, 0.2) is 5.82 Å². The summed E-state index contributed by atoms with van der Waals surface area (Å²) < 4.78 is 0. The molecule has 0 bridgehead atoms. The van der Waals surface area contributed by atoms with Crippen molar-refractivity contribution in [1.29, 1.82) is 0 Å². The molecule has 1 saturated heterocycles. The number of halogens is 1. The Balaban J connectivity index is 2.28. The van der Waals surface area contributed by atoms with Gasteiger partial charge in [-0.3, -0.25) is 4.79 Å². The van der Waals surface area contributed by atoms with Gasteiger partial charge in [0.25, 0.3) is 5.56 Å². The Hall–Kier alpha value is -1.07. The number of anilines is 1. The molecule has 0 aliphatic carbocycles. The molecule has 1 unspecified atom stereocenters. The molecule has 15 heavy (non-hydrogen) atoms. The molecule has 0 aromatic carbocycles. The van der Waals surface area contributed by atoms with Gasteiger partial charge in [0.1, 0.15) is 5.02 Å². The van der Waals surface area contributed by atoms with E-state index in [-0.39, 0.29) is 10.6 Å². The summed E-state index contributed by atoms with van der Waals surface area (Å²) in [5.41, 5.74) is -0.284. The molecule has 1 aromatic heterocycles. The maximum atomic E-state index is 11.3. The molecular formula is C9H13ClN4O. The van der Waals surface area contributed by atoms with Crippen molar-refractivity contribution in [2.24, 2.45) is 0 Å². The molecular weight excluding hydrogens is 216 g/mol. The number of piperazine rings is 1. The maximum Gasteiger partial charge on any atom is 0.271 e. The van der Waals surface area contributed by atoms with Gasteiger partial charge in [-0.2, -0.15) is 0 Å². The van der Waals surface area contributed by atoms with Crippen molar-refractivity contribution in [1.82, 2.24) is 15.3 Å². The third-order valence-corrected chi connectivity index (χ3v) is 2.79. The first kappa shape index (κ1) is 10.4. The number of H-pyrrole nitrogens is 1. The molecule has 2 rings (SSSR count). The lowest BCUT2D eigenvalue weighted by Crippen LogP contribution is -2.49. The van der Waals surface area contributed by atoms with Gasteiger partial charge in [-0.15, -0.1) is 0 Å². The van der Waals surface area contributed by atoms with E-state index in [0.717, 1.165) is 19.6 Å². The Morgan fingerprint density at radius 3 is 3.20 bits per heavy atom. The lowest BCUT2D eigenvalue weighted by molar-refractivity contribution is 0.482. The van der Waals surface area contributed by atoms with Crippen LogP contribution in [0.15, 0.2) is 11.1 Å². The average Bonchev–Trinajstić information content (AvgIpc) is 2.22. The Morgan fingerprint density at radius 1 is 1.67 bits per heavy atom. The van der Waals surface area contributed by atoms with Crippen LogP contribution in [0.3, 0.4) is 0 Å². The number of aromatic nitrogens is 2. The molecule has 1 fully saturated rings. The number of nitrogens with zero attached hydrogens (tertiary/aromatic N) is 2. The smallest absolute Gasteiger partial charge is 0.271 e. The van der Waals surface area contributed by atoms with Crippen LogP contribution in [0.5, 0.6) is 0 Å². The minimum Gasteiger partial charge on any atom is -0.352 e. The normalized spacial score (nSPS) is 21.7. The molecule has 1 aliphatic rings. The van der Waals surface area contributed by atoms with Crippen LogP contribution in [-0.2, 0) is 0 Å². The maximum absolute atomic E-state index is 11.3. The molecule has 2 heterocycles. The van der Waals surface area contributed by atoms with Gasteiger partial charge in [0.05, 0.1) is 6.33 Å². The predicted octanol–water partition coefficient (Wildman–Crippen LogP) is 0.221. The van der Waals surface area contributed by atoms with Crippen LogP contribution in [0.25, 0.3) is 0 Å². The van der Waals surface area contributed by atoms with Gasteiger partial charge in [0, 0.05) is 25.7 Å². The van der Waals surface area contributed by atoms with Crippen molar-refractivity contribution >= 4 is 17.4 Å². The zero-order chi connectivity index (χ0) is 10.8. The Kier molecular flexibility index (Phi) is 2.93. The average molecular weight is 229 g/mol. The third kappa shape index (κ3) is 2.13. The second kappa shape index (κ2) is 4.20. The van der Waals surface area contributed by atoms with Crippen LogP contribution in [0.4, 0.5) is 5.82 Å². The van der Waals surface area contributed by atoms with Crippen LogP contribution in [-0.4, -0.2) is 35.6 Å². The molecule has 82 valence electrons. The Labute approximate surface area is 92.5 Å². The molecule has 0 spiro atoms. The van der Waals surface area contributed by atoms with Gasteiger partial charge in [-0.25, -0.2) is 4.98 Å². The van der Waals surface area contributed by atoms with E-state index in [2.05, 4.69) is 22.2 Å². The quantitative estimate of drug-likeness (QED) is 0.722. The first-order chi connectivity index (χ1) is 7.18. The van der Waals surface area contributed by atoms with Crippen LogP contribution in [0.1, 0.15) is 6.92 Å². The van der Waals surface area contributed by atoms with E-state index < -0.39 is 0 Å². The van der Waals surface area contributed by atoms with Gasteiger partial charge in [-0.1, -0.05) is 11.6 Å². The lowest BCUT2D eigenvalue weighted by Gasteiger charge is -2.32. The molecule has 0 amide bonds. The van der Waals surface area contributed by atoms with E-state index >= 15 is 0 Å². The van der Waals surface area contributed by atoms with Crippen molar-refractivity contribution < 1.29 is 0 Å². The summed E-state index contributed by atoms with van der Waals surface area (Å²) in [6.07, 6.45) is 1.39. The van der Waals surface area contributed by atoms with Gasteiger partial charge >= 0.3 is 0 Å². The number of nitrogens with one attached hydrogen (secondary N) is 2. The van der Waals surface area contributed by atoms with Crippen molar-refractivity contribution in [2.45, 2.75) is 13.0 Å². The van der Waals surface area contributed by atoms with Crippen molar-refractivity contribution in [3.63, 3.8) is 0 Å². The van der Waals surface area contributed by atoms with Crippen molar-refractivity contribution in [3.8, 4) is 0 Å². The van der Waals surface area contributed by atoms with E-state index in [9.17, 15) is 4.79 Å². The summed E-state index contributed by atoms with van der Waals surface area (Å²) in [4.78, 5) is 19.9. The molecule has 1 aliphatic heterocycles. The predicted molar refractivity (Wildman–Crippen MR) is 59.5 cm³/mol. The largest absolute Gasteiger partial charge is 0.352 e. The van der Waals surface area contributed by atoms with E-state index in [1.54, 1.807) is 0 Å². The molecule has 0 saturated carbocycles. The summed E-state index contributed by atoms with van der Waals surface area (Å²) in [5, 5.41) is 3.49. The monoisotopic (exact) mass is 228 g/mol. The summed E-state index contributed by atoms with van der Waals surface area (Å²) in [6.45, 7) is 4.61. The highest BCUT2D eigenvalue weighted by molar-refractivity contribution is 6.32. The lowest BCUT2D eigenvalue weighted by atomic mass is 10.2. The minimum atomic E-state index is -0.284. The molecule has 6 heteroatoms. The number of rotatable bonds is 1. The molecule has 0 radical (unpaired) electrons. The SMILES string of the molecule is CC1CN(c2nc[nH]c(=O)c2Cl)CCN1. The fourth-order valence-electron chi connectivity index (χ4n) is 1.72. The Morgan fingerprint density at radius 2 is 2.47 bits per heavy atom. The van der Waals surface area contributed by atoms with Crippen LogP contribution < -0.4 is 15.8 Å². The standard InChI is InChI=1S/C9H13ClN4O/c1-6-4-14(3-2-11-6)8-7(10)9(15)13-5-12-8/h5-6,11H,2-4H2,1H3,(H,12,13,15). The van der Waals surface area contributed by atoms with Gasteiger partial charge < -0.3 is 15.2 Å². The molecule has 1 aromatic rings. The molecule has 2 N–H and O–H groups in total. The van der Waals surface area contributed by atoms with E-state index in [4.69, 9.17) is 11.6 Å². The van der Waals surface area contributed by atoms with E-state index in [1.807, 2.05) is 4.90 Å². The summed E-state index contributed by atoms with van der Waals surface area (Å²) in [5.74, 6) is 0.578. The second-order valence-corrected chi connectivity index (χ2v) is 4.05.